The van der Waals surface area contributed by atoms with E-state index in [-0.39, 0.29) is 24.0 Å². The zero-order valence-electron chi connectivity index (χ0n) is 17.9. The van der Waals surface area contributed by atoms with E-state index < -0.39 is 0 Å². The average molecular weight is 520 g/mol. The van der Waals surface area contributed by atoms with Gasteiger partial charge in [-0.3, -0.25) is 4.99 Å². The monoisotopic (exact) mass is 520 g/mol. The second-order valence-corrected chi connectivity index (χ2v) is 6.89. The molecule has 0 atom stereocenters. The van der Waals surface area contributed by atoms with Gasteiger partial charge < -0.3 is 19.8 Å². The molecule has 0 radical (unpaired) electrons. The molecule has 2 aromatic carbocycles. The van der Waals surface area contributed by atoms with E-state index in [4.69, 9.17) is 9.15 Å². The van der Waals surface area contributed by atoms with Crippen LogP contribution >= 0.6 is 24.0 Å². The van der Waals surface area contributed by atoms with E-state index in [9.17, 15) is 0 Å². The van der Waals surface area contributed by atoms with Crippen LogP contribution in [0.15, 0.2) is 58.1 Å². The number of oxazole rings is 1. The number of nitrogens with zero attached hydrogens (tertiary/aromatic N) is 2. The van der Waals surface area contributed by atoms with Gasteiger partial charge in [-0.1, -0.05) is 42.0 Å². The van der Waals surface area contributed by atoms with Gasteiger partial charge in [0.25, 0.3) is 0 Å². The van der Waals surface area contributed by atoms with Crippen LogP contribution in [0.3, 0.4) is 0 Å². The van der Waals surface area contributed by atoms with E-state index >= 15 is 0 Å². The molecule has 0 spiro atoms. The number of ether oxygens (including phenoxy) is 1. The predicted octanol–water partition coefficient (Wildman–Crippen LogP) is 4.49. The van der Waals surface area contributed by atoms with E-state index in [1.165, 1.54) is 11.1 Å². The highest BCUT2D eigenvalue weighted by molar-refractivity contribution is 14.0. The number of nitrogens with one attached hydrogen (secondary N) is 2. The summed E-state index contributed by atoms with van der Waals surface area (Å²) in [5, 5.41) is 6.55. The first-order chi connectivity index (χ1) is 14.1. The van der Waals surface area contributed by atoms with Gasteiger partial charge in [0.1, 0.15) is 5.75 Å². The molecule has 0 saturated carbocycles. The van der Waals surface area contributed by atoms with Crippen LogP contribution in [0.1, 0.15) is 22.6 Å². The lowest BCUT2D eigenvalue weighted by Gasteiger charge is -2.11. The fourth-order valence-corrected chi connectivity index (χ4v) is 2.97. The normalized spacial score (nSPS) is 11.0. The highest BCUT2D eigenvalue weighted by Gasteiger charge is 2.07. The van der Waals surface area contributed by atoms with Crippen molar-refractivity contribution in [1.29, 1.82) is 0 Å². The van der Waals surface area contributed by atoms with E-state index in [1.807, 2.05) is 19.1 Å². The lowest BCUT2D eigenvalue weighted by atomic mass is 10.1. The summed E-state index contributed by atoms with van der Waals surface area (Å²) in [6, 6.07) is 14.5. The molecule has 3 rings (SSSR count). The van der Waals surface area contributed by atoms with Crippen molar-refractivity contribution in [1.82, 2.24) is 15.6 Å². The van der Waals surface area contributed by atoms with E-state index in [0.29, 0.717) is 18.4 Å². The summed E-state index contributed by atoms with van der Waals surface area (Å²) < 4.78 is 11.2. The van der Waals surface area contributed by atoms with Gasteiger partial charge in [-0.25, -0.2) is 4.98 Å². The Balaban J connectivity index is 0.00000320. The number of rotatable bonds is 7. The van der Waals surface area contributed by atoms with Crippen molar-refractivity contribution < 1.29 is 9.15 Å². The Hall–Kier alpha value is -2.55. The summed E-state index contributed by atoms with van der Waals surface area (Å²) in [7, 11) is 3.45. The summed E-state index contributed by atoms with van der Waals surface area (Å²) in [5.74, 6) is 3.00. The van der Waals surface area contributed by atoms with E-state index in [0.717, 1.165) is 35.6 Å². The number of aryl methyl sites for hydroxylation is 2. The number of aromatic nitrogens is 1. The number of benzene rings is 2. The van der Waals surface area contributed by atoms with Gasteiger partial charge in [0.15, 0.2) is 11.7 Å². The van der Waals surface area contributed by atoms with E-state index in [2.05, 4.69) is 57.9 Å². The summed E-state index contributed by atoms with van der Waals surface area (Å²) in [5.41, 5.74) is 4.59. The maximum Gasteiger partial charge on any atom is 0.214 e. The summed E-state index contributed by atoms with van der Waals surface area (Å²) in [4.78, 5) is 8.61. The standard InChI is InChI=1S/C23H28N4O2.HI/c1-16-5-9-19(10-6-16)21-14-26-22(29-21)15-27-23(24-3)25-12-11-18-8-7-17(2)20(13-18)28-4;/h5-10,13-14H,11-12,15H2,1-4H3,(H2,24,25,27);1H. The van der Waals surface area contributed by atoms with Gasteiger partial charge >= 0.3 is 0 Å². The molecular formula is C23H29IN4O2. The molecule has 0 unspecified atom stereocenters. The minimum absolute atomic E-state index is 0. The number of halogens is 1. The third-order valence-corrected chi connectivity index (χ3v) is 4.70. The first-order valence-corrected chi connectivity index (χ1v) is 9.69. The van der Waals surface area contributed by atoms with Gasteiger partial charge in [0, 0.05) is 19.2 Å². The van der Waals surface area contributed by atoms with Crippen molar-refractivity contribution in [3.8, 4) is 17.1 Å². The average Bonchev–Trinajstić information content (AvgIpc) is 3.21. The number of aliphatic imine (C=N–C) groups is 1. The fraction of sp³-hybridized carbons (Fsp3) is 0.304. The molecule has 0 amide bonds. The molecule has 0 aliphatic heterocycles. The van der Waals surface area contributed by atoms with Crippen LogP contribution in [-0.4, -0.2) is 31.6 Å². The molecule has 0 aliphatic rings. The summed E-state index contributed by atoms with van der Waals surface area (Å²) >= 11 is 0. The molecule has 2 N–H and O–H groups in total. The van der Waals surface area contributed by atoms with E-state index in [1.54, 1.807) is 20.4 Å². The van der Waals surface area contributed by atoms with Crippen molar-refractivity contribution in [2.45, 2.75) is 26.8 Å². The third kappa shape index (κ3) is 6.48. The molecule has 7 heteroatoms. The van der Waals surface area contributed by atoms with Crippen molar-refractivity contribution in [2.75, 3.05) is 20.7 Å². The fourth-order valence-electron chi connectivity index (χ4n) is 2.97. The zero-order chi connectivity index (χ0) is 20.6. The molecule has 1 heterocycles. The van der Waals surface area contributed by atoms with Crippen LogP contribution in [0.4, 0.5) is 0 Å². The molecule has 0 bridgehead atoms. The van der Waals surface area contributed by atoms with Gasteiger partial charge in [0.2, 0.25) is 5.89 Å². The van der Waals surface area contributed by atoms with Crippen LogP contribution in [-0.2, 0) is 13.0 Å². The molecule has 3 aromatic rings. The molecule has 1 aromatic heterocycles. The second kappa shape index (κ2) is 11.6. The molecule has 30 heavy (non-hydrogen) atoms. The van der Waals surface area contributed by atoms with Crippen LogP contribution in [0.25, 0.3) is 11.3 Å². The Labute approximate surface area is 195 Å². The van der Waals surface area contributed by atoms with Crippen molar-refractivity contribution in [3.63, 3.8) is 0 Å². The zero-order valence-corrected chi connectivity index (χ0v) is 20.2. The SMILES string of the molecule is CN=C(NCCc1ccc(C)c(OC)c1)NCc1ncc(-c2ccc(C)cc2)o1.I. The second-order valence-electron chi connectivity index (χ2n) is 6.89. The minimum Gasteiger partial charge on any atom is -0.496 e. The predicted molar refractivity (Wildman–Crippen MR) is 132 cm³/mol. The number of hydrogen-bond acceptors (Lipinski definition) is 4. The van der Waals surface area contributed by atoms with Crippen LogP contribution in [0.5, 0.6) is 5.75 Å². The lowest BCUT2D eigenvalue weighted by Crippen LogP contribution is -2.37. The molecule has 160 valence electrons. The Morgan fingerprint density at radius 1 is 1.10 bits per heavy atom. The number of guanidine groups is 1. The minimum atomic E-state index is 0. The van der Waals surface area contributed by atoms with Gasteiger partial charge in [-0.05, 0) is 37.5 Å². The smallest absolute Gasteiger partial charge is 0.214 e. The topological polar surface area (TPSA) is 71.7 Å². The first kappa shape index (κ1) is 23.7. The highest BCUT2D eigenvalue weighted by atomic mass is 127. The Bertz CT molecular complexity index is 968. The van der Waals surface area contributed by atoms with Crippen LogP contribution < -0.4 is 15.4 Å². The largest absolute Gasteiger partial charge is 0.496 e. The highest BCUT2D eigenvalue weighted by Crippen LogP contribution is 2.21. The summed E-state index contributed by atoms with van der Waals surface area (Å²) in [6.45, 7) is 5.32. The summed E-state index contributed by atoms with van der Waals surface area (Å²) in [6.07, 6.45) is 2.62. The molecule has 0 aliphatic carbocycles. The Morgan fingerprint density at radius 2 is 1.87 bits per heavy atom. The van der Waals surface area contributed by atoms with Crippen molar-refractivity contribution >= 4 is 29.9 Å². The van der Waals surface area contributed by atoms with Crippen LogP contribution in [0, 0.1) is 13.8 Å². The molecular weight excluding hydrogens is 491 g/mol. The van der Waals surface area contributed by atoms with Gasteiger partial charge in [-0.2, -0.15) is 0 Å². The molecule has 6 nitrogen and oxygen atoms in total. The maximum atomic E-state index is 5.84. The number of methoxy groups -OCH3 is 1. The van der Waals surface area contributed by atoms with Gasteiger partial charge in [-0.15, -0.1) is 24.0 Å². The Morgan fingerprint density at radius 3 is 2.57 bits per heavy atom. The van der Waals surface area contributed by atoms with Gasteiger partial charge in [0.05, 0.1) is 19.9 Å². The number of hydrogen-bond donors (Lipinski definition) is 2. The first-order valence-electron chi connectivity index (χ1n) is 9.69. The van der Waals surface area contributed by atoms with Crippen LogP contribution in [0.2, 0.25) is 0 Å². The third-order valence-electron chi connectivity index (χ3n) is 4.70. The Kier molecular flexibility index (Phi) is 9.16. The van der Waals surface area contributed by atoms with Crippen molar-refractivity contribution in [3.05, 3.63) is 71.2 Å². The lowest BCUT2D eigenvalue weighted by molar-refractivity contribution is 0.411. The molecule has 0 saturated heterocycles. The molecule has 0 fully saturated rings. The van der Waals surface area contributed by atoms with Crippen molar-refractivity contribution in [2.24, 2.45) is 4.99 Å². The maximum absolute atomic E-state index is 5.84. The quantitative estimate of drug-likeness (QED) is 0.273.